The average molecular weight is 493 g/mol. The summed E-state index contributed by atoms with van der Waals surface area (Å²) in [5.41, 5.74) is -2.30. The number of sulfone groups is 1. The Bertz CT molecular complexity index is 1530. The van der Waals surface area contributed by atoms with E-state index in [4.69, 9.17) is 0 Å². The largest absolute Gasteiger partial charge is 0.501 e. The number of amides is 1. The van der Waals surface area contributed by atoms with E-state index in [0.717, 1.165) is 33.6 Å². The van der Waals surface area contributed by atoms with Crippen LogP contribution in [0.5, 0.6) is 0 Å². The summed E-state index contributed by atoms with van der Waals surface area (Å²) in [6, 6.07) is 12.4. The lowest BCUT2D eigenvalue weighted by atomic mass is 10.0. The molecule has 0 bridgehead atoms. The molecule has 1 N–H and O–H groups in total. The molecule has 0 radical (unpaired) electrons. The molecule has 7 nitrogen and oxygen atoms in total. The molecule has 0 unspecified atom stereocenters. The highest BCUT2D eigenvalue weighted by Crippen LogP contribution is 2.35. The van der Waals surface area contributed by atoms with Crippen molar-refractivity contribution in [1.29, 1.82) is 0 Å². The number of hydrogen-bond donors (Lipinski definition) is 1. The van der Waals surface area contributed by atoms with Crippen molar-refractivity contribution in [3.8, 4) is 11.1 Å². The Morgan fingerprint density at radius 3 is 2.30 bits per heavy atom. The number of nitrogens with zero attached hydrogens (tertiary/aromatic N) is 2. The van der Waals surface area contributed by atoms with Crippen LogP contribution in [0.1, 0.15) is 15.2 Å². The van der Waals surface area contributed by atoms with Gasteiger partial charge in [0.1, 0.15) is 11.2 Å². The lowest BCUT2D eigenvalue weighted by Gasteiger charge is -2.10. The minimum Gasteiger partial charge on any atom is -0.267 e. The third kappa shape index (κ3) is 4.02. The van der Waals surface area contributed by atoms with Crippen molar-refractivity contribution in [2.75, 3.05) is 5.43 Å². The normalized spacial score (nSPS) is 12.1. The molecule has 2 aromatic heterocycles. The summed E-state index contributed by atoms with van der Waals surface area (Å²) in [7, 11) is -5.53. The van der Waals surface area contributed by atoms with Crippen LogP contribution in [0, 0.1) is 6.92 Å². The fraction of sp³-hybridized carbons (Fsp3) is 0.0952. The van der Waals surface area contributed by atoms with E-state index in [1.54, 1.807) is 0 Å². The summed E-state index contributed by atoms with van der Waals surface area (Å²) < 4.78 is 61.9. The van der Waals surface area contributed by atoms with Gasteiger partial charge in [0.05, 0.1) is 10.3 Å². The number of nitrogens with one attached hydrogen (secondary N) is 1. The predicted molar refractivity (Wildman–Crippen MR) is 117 cm³/mol. The lowest BCUT2D eigenvalue weighted by molar-refractivity contribution is -0.0436. The summed E-state index contributed by atoms with van der Waals surface area (Å²) in [6.07, 6.45) is 1.13. The number of halogens is 3. The molecule has 1 amide bonds. The van der Waals surface area contributed by atoms with Gasteiger partial charge in [-0.25, -0.2) is 18.1 Å². The molecule has 0 aliphatic rings. The third-order valence-corrected chi connectivity index (χ3v) is 7.32. The van der Waals surface area contributed by atoms with Crippen molar-refractivity contribution < 1.29 is 26.4 Å². The minimum atomic E-state index is -5.53. The summed E-state index contributed by atoms with van der Waals surface area (Å²) >= 11 is 1.33. The Labute approximate surface area is 189 Å². The fourth-order valence-corrected chi connectivity index (χ4v) is 4.99. The second-order valence-corrected chi connectivity index (χ2v) is 10.1. The fourth-order valence-electron chi connectivity index (χ4n) is 3.23. The number of carbonyl (C=O) groups is 1. The maximum Gasteiger partial charge on any atom is 0.501 e. The average Bonchev–Trinajstić information content (AvgIpc) is 3.12. The van der Waals surface area contributed by atoms with Crippen LogP contribution in [0.3, 0.4) is 0 Å². The van der Waals surface area contributed by atoms with Crippen LogP contribution in [-0.4, -0.2) is 29.5 Å². The van der Waals surface area contributed by atoms with Crippen molar-refractivity contribution in [1.82, 2.24) is 9.66 Å². The van der Waals surface area contributed by atoms with Crippen LogP contribution in [0.2, 0.25) is 0 Å². The van der Waals surface area contributed by atoms with Crippen molar-refractivity contribution in [2.45, 2.75) is 17.3 Å². The summed E-state index contributed by atoms with van der Waals surface area (Å²) in [5, 5.41) is 0.318. The van der Waals surface area contributed by atoms with Gasteiger partial charge in [-0.3, -0.25) is 15.0 Å². The number of fused-ring (bicyclic) bond motifs is 1. The number of aryl methyl sites for hydroxylation is 1. The standard InChI is InChI=1S/C21H14F3N3O4S2/c1-12-16(13-5-3-2-4-6-13)17-19(32-12)25-11-27(20(17)29)26-18(28)14-7-9-15(10-8-14)33(30,31)21(22,23)24/h2-11H,1H3,(H,26,28). The monoisotopic (exact) mass is 493 g/mol. The van der Waals surface area contributed by atoms with E-state index in [-0.39, 0.29) is 5.56 Å². The van der Waals surface area contributed by atoms with E-state index in [0.29, 0.717) is 27.9 Å². The van der Waals surface area contributed by atoms with E-state index in [9.17, 15) is 31.2 Å². The first-order valence-corrected chi connectivity index (χ1v) is 11.6. The van der Waals surface area contributed by atoms with E-state index in [1.807, 2.05) is 37.3 Å². The van der Waals surface area contributed by atoms with Crippen molar-refractivity contribution in [2.24, 2.45) is 0 Å². The molecular weight excluding hydrogens is 479 g/mol. The molecule has 12 heteroatoms. The topological polar surface area (TPSA) is 98.1 Å². The zero-order chi connectivity index (χ0) is 24.0. The number of aromatic nitrogens is 2. The van der Waals surface area contributed by atoms with Crippen LogP contribution >= 0.6 is 11.3 Å². The maximum atomic E-state index is 13.1. The molecular formula is C21H14F3N3O4S2. The van der Waals surface area contributed by atoms with Crippen LogP contribution < -0.4 is 11.0 Å². The van der Waals surface area contributed by atoms with Gasteiger partial charge >= 0.3 is 5.51 Å². The number of carbonyl (C=O) groups excluding carboxylic acids is 1. The van der Waals surface area contributed by atoms with Gasteiger partial charge in [0.25, 0.3) is 21.3 Å². The van der Waals surface area contributed by atoms with Gasteiger partial charge in [0.15, 0.2) is 0 Å². The number of rotatable bonds is 4. The molecule has 0 fully saturated rings. The molecule has 0 saturated heterocycles. The number of benzene rings is 2. The molecule has 0 aliphatic heterocycles. The molecule has 0 aliphatic carbocycles. The number of hydrogen-bond acceptors (Lipinski definition) is 6. The number of alkyl halides is 3. The molecule has 33 heavy (non-hydrogen) atoms. The molecule has 4 rings (SSSR count). The van der Waals surface area contributed by atoms with Crippen LogP contribution in [0.15, 0.2) is 70.6 Å². The first kappa shape index (κ1) is 22.7. The molecule has 170 valence electrons. The summed E-state index contributed by atoms with van der Waals surface area (Å²) in [4.78, 5) is 30.3. The van der Waals surface area contributed by atoms with Gasteiger partial charge in [-0.1, -0.05) is 30.3 Å². The highest BCUT2D eigenvalue weighted by molar-refractivity contribution is 7.92. The van der Waals surface area contributed by atoms with Crippen LogP contribution in [0.25, 0.3) is 21.3 Å². The first-order chi connectivity index (χ1) is 15.5. The van der Waals surface area contributed by atoms with Gasteiger partial charge in [0, 0.05) is 16.0 Å². The Hall–Kier alpha value is -3.51. The molecule has 2 heterocycles. The Balaban J connectivity index is 1.68. The Morgan fingerprint density at radius 2 is 1.70 bits per heavy atom. The third-order valence-electron chi connectivity index (χ3n) is 4.80. The maximum absolute atomic E-state index is 13.1. The minimum absolute atomic E-state index is 0.145. The first-order valence-electron chi connectivity index (χ1n) is 9.29. The summed E-state index contributed by atoms with van der Waals surface area (Å²) in [5.74, 6) is -0.831. The second kappa shape index (κ2) is 8.12. The molecule has 0 atom stereocenters. The lowest BCUT2D eigenvalue weighted by Crippen LogP contribution is -2.33. The predicted octanol–water partition coefficient (Wildman–Crippen LogP) is 4.11. The molecule has 4 aromatic rings. The van der Waals surface area contributed by atoms with Crippen LogP contribution in [0.4, 0.5) is 13.2 Å². The number of thiophene rings is 1. The quantitative estimate of drug-likeness (QED) is 0.461. The molecule has 0 saturated carbocycles. The van der Waals surface area contributed by atoms with E-state index in [2.05, 4.69) is 10.4 Å². The van der Waals surface area contributed by atoms with E-state index in [1.165, 1.54) is 11.3 Å². The van der Waals surface area contributed by atoms with Gasteiger partial charge in [-0.15, -0.1) is 11.3 Å². The van der Waals surface area contributed by atoms with Crippen LogP contribution in [-0.2, 0) is 9.84 Å². The highest BCUT2D eigenvalue weighted by atomic mass is 32.2. The molecule has 2 aromatic carbocycles. The van der Waals surface area contributed by atoms with E-state index < -0.39 is 31.7 Å². The van der Waals surface area contributed by atoms with Gasteiger partial charge < -0.3 is 0 Å². The van der Waals surface area contributed by atoms with Crippen molar-refractivity contribution >= 4 is 37.3 Å². The Morgan fingerprint density at radius 1 is 1.06 bits per heavy atom. The second-order valence-electron chi connectivity index (χ2n) is 6.91. The zero-order valence-electron chi connectivity index (χ0n) is 16.8. The smallest absolute Gasteiger partial charge is 0.267 e. The van der Waals surface area contributed by atoms with Crippen molar-refractivity contribution in [3.05, 3.63) is 81.7 Å². The summed E-state index contributed by atoms with van der Waals surface area (Å²) in [6.45, 7) is 1.85. The molecule has 0 spiro atoms. The zero-order valence-corrected chi connectivity index (χ0v) is 18.4. The SMILES string of the molecule is Cc1sc2ncn(NC(=O)c3ccc(S(=O)(=O)C(F)(F)F)cc3)c(=O)c2c1-c1ccccc1. The van der Waals surface area contributed by atoms with E-state index >= 15 is 0 Å². The Kier molecular flexibility index (Phi) is 5.58. The van der Waals surface area contributed by atoms with Gasteiger partial charge in [0.2, 0.25) is 0 Å². The van der Waals surface area contributed by atoms with Crippen molar-refractivity contribution in [3.63, 3.8) is 0 Å². The van der Waals surface area contributed by atoms with Gasteiger partial charge in [-0.05, 0) is 36.8 Å². The highest BCUT2D eigenvalue weighted by Gasteiger charge is 2.46. The van der Waals surface area contributed by atoms with Gasteiger partial charge in [-0.2, -0.15) is 13.2 Å².